The molecule has 19 heavy (non-hydrogen) atoms. The molecule has 0 unspecified atom stereocenters. The fourth-order valence-electron chi connectivity index (χ4n) is 1.85. The Morgan fingerprint density at radius 2 is 2.16 bits per heavy atom. The molecule has 1 N–H and O–H groups in total. The molecule has 0 saturated carbocycles. The van der Waals surface area contributed by atoms with Crippen LogP contribution in [0.3, 0.4) is 0 Å². The predicted octanol–water partition coefficient (Wildman–Crippen LogP) is 3.46. The van der Waals surface area contributed by atoms with Crippen molar-refractivity contribution >= 4 is 11.6 Å². The van der Waals surface area contributed by atoms with Gasteiger partial charge in [-0.25, -0.2) is 4.98 Å². The zero-order valence-electron chi connectivity index (χ0n) is 10.6. The molecule has 1 aromatic heterocycles. The highest BCUT2D eigenvalue weighted by atomic mass is 35.5. The Morgan fingerprint density at radius 3 is 2.89 bits per heavy atom. The second kappa shape index (κ2) is 6.33. The summed E-state index contributed by atoms with van der Waals surface area (Å²) in [5.41, 5.74) is 2.54. The van der Waals surface area contributed by atoms with E-state index in [-0.39, 0.29) is 6.04 Å². The number of benzene rings is 1. The minimum absolute atomic E-state index is 0.146. The van der Waals surface area contributed by atoms with E-state index in [1.165, 1.54) is 0 Å². The highest BCUT2D eigenvalue weighted by Gasteiger charge is 2.08. The molecule has 96 valence electrons. The van der Waals surface area contributed by atoms with Crippen molar-refractivity contribution in [1.29, 1.82) is 5.26 Å². The highest BCUT2D eigenvalue weighted by molar-refractivity contribution is 6.31. The summed E-state index contributed by atoms with van der Waals surface area (Å²) in [6.07, 6.45) is 1.65. The van der Waals surface area contributed by atoms with Crippen LogP contribution in [0.15, 0.2) is 42.6 Å². The molecule has 2 rings (SSSR count). The van der Waals surface area contributed by atoms with Gasteiger partial charge in [0.15, 0.2) is 0 Å². The van der Waals surface area contributed by atoms with E-state index in [1.54, 1.807) is 12.3 Å². The number of aromatic nitrogens is 1. The van der Waals surface area contributed by atoms with Gasteiger partial charge in [0.1, 0.15) is 11.8 Å². The standard InChI is InChI=1S/C15H14ClN3/c1-11(14-4-2-3-5-15(14)16)19-10-12-6-7-18-13(8-12)9-17/h2-8,11,19H,10H2,1H3/t11-/m1/s1. The molecule has 1 heterocycles. The van der Waals surface area contributed by atoms with Gasteiger partial charge in [-0.05, 0) is 36.2 Å². The molecule has 0 aliphatic carbocycles. The molecule has 1 atom stereocenters. The van der Waals surface area contributed by atoms with E-state index in [0.29, 0.717) is 12.2 Å². The van der Waals surface area contributed by atoms with E-state index < -0.39 is 0 Å². The second-order valence-electron chi connectivity index (χ2n) is 4.29. The summed E-state index contributed by atoms with van der Waals surface area (Å²) in [6.45, 7) is 2.73. The van der Waals surface area contributed by atoms with Crippen LogP contribution in [0.5, 0.6) is 0 Å². The summed E-state index contributed by atoms with van der Waals surface area (Å²) in [6, 6.07) is 13.6. The van der Waals surface area contributed by atoms with Crippen molar-refractivity contribution in [2.45, 2.75) is 19.5 Å². The van der Waals surface area contributed by atoms with Gasteiger partial charge in [-0.1, -0.05) is 29.8 Å². The lowest BCUT2D eigenvalue weighted by molar-refractivity contribution is 0.574. The summed E-state index contributed by atoms with van der Waals surface area (Å²) < 4.78 is 0. The third kappa shape index (κ3) is 3.54. The Balaban J connectivity index is 2.03. The van der Waals surface area contributed by atoms with Crippen LogP contribution in [0, 0.1) is 11.3 Å². The molecule has 0 bridgehead atoms. The van der Waals surface area contributed by atoms with Crippen molar-refractivity contribution in [1.82, 2.24) is 10.3 Å². The van der Waals surface area contributed by atoms with Crippen molar-refractivity contribution in [2.24, 2.45) is 0 Å². The van der Waals surface area contributed by atoms with Crippen LogP contribution in [-0.4, -0.2) is 4.98 Å². The maximum Gasteiger partial charge on any atom is 0.140 e. The van der Waals surface area contributed by atoms with Gasteiger partial charge >= 0.3 is 0 Å². The quantitative estimate of drug-likeness (QED) is 0.926. The first-order valence-electron chi connectivity index (χ1n) is 6.03. The van der Waals surface area contributed by atoms with Crippen LogP contribution in [0.4, 0.5) is 0 Å². The van der Waals surface area contributed by atoms with Crippen LogP contribution in [0.1, 0.15) is 29.8 Å². The van der Waals surface area contributed by atoms with E-state index in [2.05, 4.69) is 17.2 Å². The van der Waals surface area contributed by atoms with Gasteiger partial charge in [-0.15, -0.1) is 0 Å². The number of rotatable bonds is 4. The Morgan fingerprint density at radius 1 is 1.37 bits per heavy atom. The second-order valence-corrected chi connectivity index (χ2v) is 4.69. The molecule has 3 nitrogen and oxygen atoms in total. The molecular weight excluding hydrogens is 258 g/mol. The lowest BCUT2D eigenvalue weighted by Gasteiger charge is -2.15. The minimum Gasteiger partial charge on any atom is -0.306 e. The average Bonchev–Trinajstić information content (AvgIpc) is 2.45. The Labute approximate surface area is 117 Å². The normalized spacial score (nSPS) is 11.8. The van der Waals surface area contributed by atoms with Crippen molar-refractivity contribution in [2.75, 3.05) is 0 Å². The van der Waals surface area contributed by atoms with Crippen molar-refractivity contribution in [3.05, 3.63) is 64.4 Å². The van der Waals surface area contributed by atoms with E-state index >= 15 is 0 Å². The van der Waals surface area contributed by atoms with E-state index in [1.807, 2.05) is 36.4 Å². The first-order chi connectivity index (χ1) is 9.20. The van der Waals surface area contributed by atoms with Gasteiger partial charge in [-0.2, -0.15) is 5.26 Å². The van der Waals surface area contributed by atoms with Gasteiger partial charge in [-0.3, -0.25) is 0 Å². The maximum absolute atomic E-state index is 8.80. The SMILES string of the molecule is C[C@@H](NCc1ccnc(C#N)c1)c1ccccc1Cl. The molecule has 0 amide bonds. The van der Waals surface area contributed by atoms with E-state index in [9.17, 15) is 0 Å². The fraction of sp³-hybridized carbons (Fsp3) is 0.200. The molecule has 0 aliphatic heterocycles. The van der Waals surface area contributed by atoms with E-state index in [0.717, 1.165) is 16.1 Å². The van der Waals surface area contributed by atoms with Crippen molar-refractivity contribution in [3.8, 4) is 6.07 Å². The van der Waals surface area contributed by atoms with Crippen LogP contribution < -0.4 is 5.32 Å². The van der Waals surface area contributed by atoms with Crippen LogP contribution in [0.2, 0.25) is 5.02 Å². The van der Waals surface area contributed by atoms with Crippen LogP contribution in [0.25, 0.3) is 0 Å². The average molecular weight is 272 g/mol. The van der Waals surface area contributed by atoms with Gasteiger partial charge in [0, 0.05) is 23.8 Å². The highest BCUT2D eigenvalue weighted by Crippen LogP contribution is 2.22. The Bertz CT molecular complexity index is 604. The molecule has 2 aromatic rings. The summed E-state index contributed by atoms with van der Waals surface area (Å²) in [5.74, 6) is 0. The Kier molecular flexibility index (Phi) is 4.51. The number of pyridine rings is 1. The van der Waals surface area contributed by atoms with Crippen LogP contribution >= 0.6 is 11.6 Å². The molecule has 0 radical (unpaired) electrons. The summed E-state index contributed by atoms with van der Waals surface area (Å²) in [4.78, 5) is 3.95. The number of halogens is 1. The minimum atomic E-state index is 0.146. The smallest absolute Gasteiger partial charge is 0.140 e. The number of nitrogens with zero attached hydrogens (tertiary/aromatic N) is 2. The first-order valence-corrected chi connectivity index (χ1v) is 6.41. The number of nitrogens with one attached hydrogen (secondary N) is 1. The molecule has 4 heteroatoms. The largest absolute Gasteiger partial charge is 0.306 e. The fourth-order valence-corrected chi connectivity index (χ4v) is 2.15. The van der Waals surface area contributed by atoms with Gasteiger partial charge < -0.3 is 5.32 Å². The molecule has 0 fully saturated rings. The predicted molar refractivity (Wildman–Crippen MR) is 75.7 cm³/mol. The number of hydrogen-bond donors (Lipinski definition) is 1. The van der Waals surface area contributed by atoms with Crippen molar-refractivity contribution < 1.29 is 0 Å². The zero-order chi connectivity index (χ0) is 13.7. The third-order valence-corrected chi connectivity index (χ3v) is 3.27. The lowest BCUT2D eigenvalue weighted by Crippen LogP contribution is -2.18. The third-order valence-electron chi connectivity index (χ3n) is 2.92. The molecule has 0 spiro atoms. The Hall–Kier alpha value is -1.89. The molecule has 0 saturated heterocycles. The van der Waals surface area contributed by atoms with E-state index in [4.69, 9.17) is 16.9 Å². The summed E-state index contributed by atoms with van der Waals surface area (Å²) in [7, 11) is 0. The topological polar surface area (TPSA) is 48.7 Å². The number of nitriles is 1. The van der Waals surface area contributed by atoms with Gasteiger partial charge in [0.2, 0.25) is 0 Å². The van der Waals surface area contributed by atoms with Crippen molar-refractivity contribution in [3.63, 3.8) is 0 Å². The summed E-state index contributed by atoms with van der Waals surface area (Å²) in [5, 5.41) is 12.9. The van der Waals surface area contributed by atoms with Gasteiger partial charge in [0.05, 0.1) is 0 Å². The molecule has 1 aromatic carbocycles. The summed E-state index contributed by atoms with van der Waals surface area (Å²) >= 11 is 6.16. The number of hydrogen-bond acceptors (Lipinski definition) is 3. The van der Waals surface area contributed by atoms with Gasteiger partial charge in [0.25, 0.3) is 0 Å². The molecular formula is C15H14ClN3. The maximum atomic E-state index is 8.80. The monoisotopic (exact) mass is 271 g/mol. The lowest BCUT2D eigenvalue weighted by atomic mass is 10.1. The van der Waals surface area contributed by atoms with Crippen LogP contribution in [-0.2, 0) is 6.54 Å². The molecule has 0 aliphatic rings. The first kappa shape index (κ1) is 13.5. The zero-order valence-corrected chi connectivity index (χ0v) is 11.4.